The highest BCUT2D eigenvalue weighted by molar-refractivity contribution is 7.99. The Morgan fingerprint density at radius 1 is 1.06 bits per heavy atom. The lowest BCUT2D eigenvalue weighted by molar-refractivity contribution is -0.113. The third-order valence-electron chi connectivity index (χ3n) is 4.85. The summed E-state index contributed by atoms with van der Waals surface area (Å²) in [6.45, 7) is 0.316. The number of carbonyl (C=O) groups excluding carboxylic acids is 2. The number of nitrogens with one attached hydrogen (secondary N) is 2. The van der Waals surface area contributed by atoms with E-state index in [1.165, 1.54) is 0 Å². The molecule has 180 valence electrons. The maximum atomic E-state index is 13.7. The van der Waals surface area contributed by atoms with E-state index in [0.29, 0.717) is 46.8 Å². The number of carbonyl (C=O) groups is 2. The largest absolute Gasteiger partial charge is 0.497 e. The molecule has 4 aromatic rings. The smallest absolute Gasteiger partial charge is 0.251 e. The van der Waals surface area contributed by atoms with Crippen LogP contribution in [-0.4, -0.2) is 51.0 Å². The van der Waals surface area contributed by atoms with Crippen molar-refractivity contribution in [3.05, 3.63) is 77.6 Å². The number of hydrogen-bond acceptors (Lipinski definition) is 7. The number of amides is 2. The quantitative estimate of drug-likeness (QED) is 0.341. The summed E-state index contributed by atoms with van der Waals surface area (Å²) < 4.78 is 33.3. The van der Waals surface area contributed by atoms with Crippen LogP contribution in [0.25, 0.3) is 5.65 Å². The van der Waals surface area contributed by atoms with Gasteiger partial charge in [0.1, 0.15) is 22.4 Å². The average Bonchev–Trinajstić information content (AvgIpc) is 3.26. The Morgan fingerprint density at radius 3 is 2.60 bits per heavy atom. The lowest BCUT2D eigenvalue weighted by Crippen LogP contribution is -2.26. The maximum absolute atomic E-state index is 13.7. The van der Waals surface area contributed by atoms with Crippen molar-refractivity contribution in [1.29, 1.82) is 0 Å². The second kappa shape index (κ2) is 10.9. The number of rotatable bonds is 9. The molecule has 2 aromatic carbocycles. The van der Waals surface area contributed by atoms with Crippen molar-refractivity contribution in [3.63, 3.8) is 0 Å². The Morgan fingerprint density at radius 2 is 1.86 bits per heavy atom. The normalized spacial score (nSPS) is 10.8. The molecule has 0 aliphatic heterocycles. The van der Waals surface area contributed by atoms with Gasteiger partial charge in [-0.3, -0.25) is 9.59 Å². The second-order valence-corrected chi connectivity index (χ2v) is 8.25. The third-order valence-corrected chi connectivity index (χ3v) is 5.77. The van der Waals surface area contributed by atoms with E-state index in [1.54, 1.807) is 48.0 Å². The van der Waals surface area contributed by atoms with Crippen molar-refractivity contribution in [2.24, 2.45) is 0 Å². The molecule has 2 amide bonds. The standard InChI is InChI=1S/C23H20F2N6O3S/c1-34-16-5-2-14(3-6-16)23(33)26-11-10-20-29-28-19-8-9-22(30-31(19)20)35-13-21(32)27-18-7-4-15(24)12-17(18)25/h2-9,12H,10-11,13H2,1H3,(H,26,33)(H,27,32). The summed E-state index contributed by atoms with van der Waals surface area (Å²) in [5, 5.41) is 18.4. The summed E-state index contributed by atoms with van der Waals surface area (Å²) in [6, 6.07) is 13.1. The molecule has 2 heterocycles. The van der Waals surface area contributed by atoms with Gasteiger partial charge in [0.15, 0.2) is 11.5 Å². The minimum Gasteiger partial charge on any atom is -0.497 e. The van der Waals surface area contributed by atoms with E-state index < -0.39 is 17.5 Å². The molecule has 0 atom stereocenters. The van der Waals surface area contributed by atoms with Crippen molar-refractivity contribution >= 4 is 34.9 Å². The molecule has 0 saturated carbocycles. The van der Waals surface area contributed by atoms with Gasteiger partial charge < -0.3 is 15.4 Å². The number of ether oxygens (including phenoxy) is 1. The van der Waals surface area contributed by atoms with Gasteiger partial charge in [-0.05, 0) is 48.5 Å². The minimum absolute atomic E-state index is 0.0370. The molecule has 2 N–H and O–H groups in total. The van der Waals surface area contributed by atoms with Crippen LogP contribution in [0, 0.1) is 11.6 Å². The van der Waals surface area contributed by atoms with Crippen LogP contribution in [0.4, 0.5) is 14.5 Å². The predicted molar refractivity (Wildman–Crippen MR) is 126 cm³/mol. The van der Waals surface area contributed by atoms with Crippen LogP contribution < -0.4 is 15.4 Å². The van der Waals surface area contributed by atoms with Crippen molar-refractivity contribution in [3.8, 4) is 5.75 Å². The molecule has 0 spiro atoms. The summed E-state index contributed by atoms with van der Waals surface area (Å²) in [6.07, 6.45) is 0.383. The van der Waals surface area contributed by atoms with Gasteiger partial charge in [0.2, 0.25) is 5.91 Å². The van der Waals surface area contributed by atoms with Crippen LogP contribution in [0.15, 0.2) is 59.6 Å². The number of fused-ring (bicyclic) bond motifs is 1. The first-order valence-corrected chi connectivity index (χ1v) is 11.4. The van der Waals surface area contributed by atoms with E-state index in [4.69, 9.17) is 4.74 Å². The highest BCUT2D eigenvalue weighted by Crippen LogP contribution is 2.19. The van der Waals surface area contributed by atoms with Crippen molar-refractivity contribution < 1.29 is 23.1 Å². The van der Waals surface area contributed by atoms with Crippen LogP contribution in [0.1, 0.15) is 16.2 Å². The van der Waals surface area contributed by atoms with Crippen molar-refractivity contribution in [1.82, 2.24) is 25.1 Å². The summed E-state index contributed by atoms with van der Waals surface area (Å²) in [5.74, 6) is -1.10. The highest BCUT2D eigenvalue weighted by atomic mass is 32.2. The lowest BCUT2D eigenvalue weighted by Gasteiger charge is -2.07. The molecule has 0 saturated heterocycles. The van der Waals surface area contributed by atoms with E-state index in [0.717, 1.165) is 23.9 Å². The number of halogens is 2. The van der Waals surface area contributed by atoms with Gasteiger partial charge in [-0.2, -0.15) is 9.61 Å². The Kier molecular flexibility index (Phi) is 7.51. The number of hydrogen-bond donors (Lipinski definition) is 2. The Balaban J connectivity index is 1.33. The van der Waals surface area contributed by atoms with E-state index in [-0.39, 0.29) is 17.3 Å². The minimum atomic E-state index is -0.851. The molecule has 0 bridgehead atoms. The zero-order chi connectivity index (χ0) is 24.8. The van der Waals surface area contributed by atoms with E-state index in [1.807, 2.05) is 0 Å². The molecule has 2 aromatic heterocycles. The van der Waals surface area contributed by atoms with E-state index in [9.17, 15) is 18.4 Å². The zero-order valence-electron chi connectivity index (χ0n) is 18.5. The molecular weight excluding hydrogens is 478 g/mol. The van der Waals surface area contributed by atoms with Crippen molar-refractivity contribution in [2.45, 2.75) is 11.4 Å². The molecule has 12 heteroatoms. The number of nitrogens with zero attached hydrogens (tertiary/aromatic N) is 4. The van der Waals surface area contributed by atoms with E-state index >= 15 is 0 Å². The Bertz CT molecular complexity index is 1360. The van der Waals surface area contributed by atoms with Crippen LogP contribution in [0.3, 0.4) is 0 Å². The van der Waals surface area contributed by atoms with Gasteiger partial charge in [-0.1, -0.05) is 11.8 Å². The van der Waals surface area contributed by atoms with E-state index in [2.05, 4.69) is 25.9 Å². The summed E-state index contributed by atoms with van der Waals surface area (Å²) >= 11 is 1.14. The fourth-order valence-corrected chi connectivity index (χ4v) is 3.75. The molecule has 4 rings (SSSR count). The molecule has 9 nitrogen and oxygen atoms in total. The van der Waals surface area contributed by atoms with Gasteiger partial charge in [0.05, 0.1) is 18.6 Å². The van der Waals surface area contributed by atoms with Gasteiger partial charge in [-0.25, -0.2) is 8.78 Å². The first kappa shape index (κ1) is 24.1. The zero-order valence-corrected chi connectivity index (χ0v) is 19.3. The van der Waals surface area contributed by atoms with Gasteiger partial charge in [-0.15, -0.1) is 10.2 Å². The van der Waals surface area contributed by atoms with Crippen LogP contribution in [0.5, 0.6) is 5.75 Å². The first-order valence-electron chi connectivity index (χ1n) is 10.4. The Labute approximate surface area is 202 Å². The number of aromatic nitrogens is 4. The summed E-state index contributed by atoms with van der Waals surface area (Å²) in [5.41, 5.74) is 0.925. The Hall–Kier alpha value is -4.06. The topological polar surface area (TPSA) is 111 Å². The van der Waals surface area contributed by atoms with Gasteiger partial charge >= 0.3 is 0 Å². The van der Waals surface area contributed by atoms with Gasteiger partial charge in [0.25, 0.3) is 5.91 Å². The van der Waals surface area contributed by atoms with Gasteiger partial charge in [0, 0.05) is 24.6 Å². The summed E-state index contributed by atoms with van der Waals surface area (Å²) in [7, 11) is 1.56. The molecule has 0 fully saturated rings. The molecule has 35 heavy (non-hydrogen) atoms. The number of thioether (sulfide) groups is 1. The van der Waals surface area contributed by atoms with Crippen molar-refractivity contribution in [2.75, 3.05) is 24.7 Å². The number of anilines is 1. The SMILES string of the molecule is COc1ccc(C(=O)NCCc2nnc3ccc(SCC(=O)Nc4ccc(F)cc4F)nn23)cc1. The predicted octanol–water partition coefficient (Wildman–Crippen LogP) is 3.11. The average molecular weight is 499 g/mol. The lowest BCUT2D eigenvalue weighted by atomic mass is 10.2. The third kappa shape index (κ3) is 6.09. The monoisotopic (exact) mass is 498 g/mol. The van der Waals surface area contributed by atoms with Crippen LogP contribution in [0.2, 0.25) is 0 Å². The summed E-state index contributed by atoms with van der Waals surface area (Å²) in [4.78, 5) is 24.5. The van der Waals surface area contributed by atoms with Crippen LogP contribution >= 0.6 is 11.8 Å². The fourth-order valence-electron chi connectivity index (χ4n) is 3.10. The maximum Gasteiger partial charge on any atom is 0.251 e. The molecule has 0 aliphatic carbocycles. The fraction of sp³-hybridized carbons (Fsp3) is 0.174. The molecule has 0 unspecified atom stereocenters. The number of methoxy groups -OCH3 is 1. The molecule has 0 aliphatic rings. The second-order valence-electron chi connectivity index (χ2n) is 7.25. The van der Waals surface area contributed by atoms with Crippen LogP contribution in [-0.2, 0) is 11.2 Å². The molecular formula is C23H20F2N6O3S. The first-order chi connectivity index (χ1) is 16.9. The highest BCUT2D eigenvalue weighted by Gasteiger charge is 2.12. The number of benzene rings is 2. The molecule has 0 radical (unpaired) electrons.